The SMILES string of the molecule is COc1ccc(OC)c(C2CC(=O)NC(=S)N2CC(N)=O)c1. The lowest BCUT2D eigenvalue weighted by molar-refractivity contribution is -0.124. The molecule has 2 rings (SSSR count). The largest absolute Gasteiger partial charge is 0.497 e. The van der Waals surface area contributed by atoms with Gasteiger partial charge in [0.05, 0.1) is 33.2 Å². The minimum absolute atomic E-state index is 0.0931. The third-order valence-corrected chi connectivity index (χ3v) is 3.72. The Hall–Kier alpha value is -2.35. The summed E-state index contributed by atoms with van der Waals surface area (Å²) in [5.41, 5.74) is 5.99. The third kappa shape index (κ3) is 3.28. The van der Waals surface area contributed by atoms with Crippen LogP contribution in [-0.4, -0.2) is 42.6 Å². The highest BCUT2D eigenvalue weighted by Crippen LogP contribution is 2.36. The number of thiocarbonyl (C=S) groups is 1. The summed E-state index contributed by atoms with van der Waals surface area (Å²) >= 11 is 5.15. The van der Waals surface area contributed by atoms with E-state index in [1.165, 1.54) is 7.11 Å². The van der Waals surface area contributed by atoms with Gasteiger partial charge >= 0.3 is 0 Å². The molecule has 118 valence electrons. The summed E-state index contributed by atoms with van der Waals surface area (Å²) < 4.78 is 10.6. The van der Waals surface area contributed by atoms with E-state index < -0.39 is 11.9 Å². The van der Waals surface area contributed by atoms with Gasteiger partial charge in [0.15, 0.2) is 5.11 Å². The van der Waals surface area contributed by atoms with Crippen molar-refractivity contribution in [1.29, 1.82) is 0 Å². The molecule has 7 nitrogen and oxygen atoms in total. The molecule has 8 heteroatoms. The minimum atomic E-state index is -0.537. The standard InChI is InChI=1S/C14H17N3O4S/c1-20-8-3-4-11(21-2)9(5-8)10-6-13(19)16-14(22)17(10)7-12(15)18/h3-5,10H,6-7H2,1-2H3,(H2,15,18)(H,16,19,22). The molecule has 1 aliphatic rings. The van der Waals surface area contributed by atoms with Crippen molar-refractivity contribution in [3.8, 4) is 11.5 Å². The van der Waals surface area contributed by atoms with Gasteiger partial charge in [0, 0.05) is 5.56 Å². The molecule has 0 aromatic heterocycles. The Labute approximate surface area is 133 Å². The van der Waals surface area contributed by atoms with E-state index in [-0.39, 0.29) is 24.0 Å². The number of hydrogen-bond donors (Lipinski definition) is 2. The fourth-order valence-electron chi connectivity index (χ4n) is 2.40. The zero-order chi connectivity index (χ0) is 16.3. The van der Waals surface area contributed by atoms with Gasteiger partial charge in [-0.2, -0.15) is 0 Å². The first-order valence-electron chi connectivity index (χ1n) is 6.57. The predicted molar refractivity (Wildman–Crippen MR) is 83.5 cm³/mol. The van der Waals surface area contributed by atoms with E-state index in [1.807, 2.05) is 0 Å². The molecule has 0 spiro atoms. The van der Waals surface area contributed by atoms with Crippen LogP contribution in [0.2, 0.25) is 0 Å². The Morgan fingerprint density at radius 2 is 2.18 bits per heavy atom. The van der Waals surface area contributed by atoms with Crippen molar-refractivity contribution in [2.75, 3.05) is 20.8 Å². The highest BCUT2D eigenvalue weighted by Gasteiger charge is 2.34. The van der Waals surface area contributed by atoms with Crippen molar-refractivity contribution in [2.45, 2.75) is 12.5 Å². The lowest BCUT2D eigenvalue weighted by Gasteiger charge is -2.37. The molecule has 0 bridgehead atoms. The minimum Gasteiger partial charge on any atom is -0.497 e. The quantitative estimate of drug-likeness (QED) is 0.759. The Bertz CT molecular complexity index is 620. The molecule has 1 aliphatic heterocycles. The molecule has 3 N–H and O–H groups in total. The summed E-state index contributed by atoms with van der Waals surface area (Å²) in [4.78, 5) is 24.7. The second-order valence-electron chi connectivity index (χ2n) is 4.78. The van der Waals surface area contributed by atoms with Crippen LogP contribution in [0.1, 0.15) is 18.0 Å². The third-order valence-electron chi connectivity index (χ3n) is 3.38. The molecule has 1 fully saturated rings. The highest BCUT2D eigenvalue weighted by atomic mass is 32.1. The first-order valence-corrected chi connectivity index (χ1v) is 6.97. The van der Waals surface area contributed by atoms with Crippen molar-refractivity contribution in [3.63, 3.8) is 0 Å². The van der Waals surface area contributed by atoms with Gasteiger partial charge in [-0.25, -0.2) is 0 Å². The predicted octanol–water partition coefficient (Wildman–Crippen LogP) is 0.337. The number of nitrogens with zero attached hydrogens (tertiary/aromatic N) is 1. The average molecular weight is 323 g/mol. The lowest BCUT2D eigenvalue weighted by Crippen LogP contribution is -2.53. The zero-order valence-corrected chi connectivity index (χ0v) is 13.1. The van der Waals surface area contributed by atoms with E-state index in [2.05, 4.69) is 5.32 Å². The fourth-order valence-corrected chi connectivity index (χ4v) is 2.70. The van der Waals surface area contributed by atoms with Crippen LogP contribution in [0.25, 0.3) is 0 Å². The van der Waals surface area contributed by atoms with Crippen LogP contribution in [0.3, 0.4) is 0 Å². The normalized spacial score (nSPS) is 17.9. The summed E-state index contributed by atoms with van der Waals surface area (Å²) in [5.74, 6) is 0.440. The molecule has 0 aliphatic carbocycles. The number of rotatable bonds is 5. The maximum atomic E-state index is 11.8. The molecular formula is C14H17N3O4S. The summed E-state index contributed by atoms with van der Waals surface area (Å²) in [6, 6.07) is 4.81. The van der Waals surface area contributed by atoms with Crippen LogP contribution < -0.4 is 20.5 Å². The summed E-state index contributed by atoms with van der Waals surface area (Å²) in [5, 5.41) is 2.71. The number of primary amides is 1. The molecule has 1 heterocycles. The molecular weight excluding hydrogens is 306 g/mol. The Morgan fingerprint density at radius 1 is 1.45 bits per heavy atom. The van der Waals surface area contributed by atoms with Crippen LogP contribution >= 0.6 is 12.2 Å². The summed E-state index contributed by atoms with van der Waals surface area (Å²) in [7, 11) is 3.08. The number of nitrogens with one attached hydrogen (secondary N) is 1. The molecule has 2 amide bonds. The average Bonchev–Trinajstić information content (AvgIpc) is 2.48. The van der Waals surface area contributed by atoms with Gasteiger partial charge in [0.2, 0.25) is 11.8 Å². The molecule has 22 heavy (non-hydrogen) atoms. The maximum Gasteiger partial charge on any atom is 0.237 e. The fraction of sp³-hybridized carbons (Fsp3) is 0.357. The maximum absolute atomic E-state index is 11.8. The van der Waals surface area contributed by atoms with Crippen molar-refractivity contribution in [2.24, 2.45) is 5.73 Å². The molecule has 1 unspecified atom stereocenters. The smallest absolute Gasteiger partial charge is 0.237 e. The monoisotopic (exact) mass is 323 g/mol. The van der Waals surface area contributed by atoms with E-state index in [0.717, 1.165) is 0 Å². The van der Waals surface area contributed by atoms with Gasteiger partial charge in [-0.3, -0.25) is 9.59 Å². The number of carbonyl (C=O) groups excluding carboxylic acids is 2. The number of ether oxygens (including phenoxy) is 2. The lowest BCUT2D eigenvalue weighted by atomic mass is 9.98. The molecule has 1 atom stereocenters. The number of amides is 2. The van der Waals surface area contributed by atoms with Gasteiger partial charge < -0.3 is 25.4 Å². The van der Waals surface area contributed by atoms with Crippen LogP contribution in [0.4, 0.5) is 0 Å². The van der Waals surface area contributed by atoms with Gasteiger partial charge in [0.1, 0.15) is 11.5 Å². The van der Waals surface area contributed by atoms with Crippen LogP contribution in [0.5, 0.6) is 11.5 Å². The Kier molecular flexibility index (Phi) is 4.81. The van der Waals surface area contributed by atoms with Crippen LogP contribution in [0, 0.1) is 0 Å². The van der Waals surface area contributed by atoms with Gasteiger partial charge in [-0.15, -0.1) is 0 Å². The van der Waals surface area contributed by atoms with Crippen molar-refractivity contribution >= 4 is 29.1 Å². The second kappa shape index (κ2) is 6.61. The number of hydrogen-bond acceptors (Lipinski definition) is 5. The highest BCUT2D eigenvalue weighted by molar-refractivity contribution is 7.80. The molecule has 1 aromatic rings. The van der Waals surface area contributed by atoms with Gasteiger partial charge in [-0.05, 0) is 30.4 Å². The Morgan fingerprint density at radius 3 is 2.77 bits per heavy atom. The topological polar surface area (TPSA) is 93.9 Å². The second-order valence-corrected chi connectivity index (χ2v) is 5.16. The van der Waals surface area contributed by atoms with E-state index >= 15 is 0 Å². The molecule has 1 aromatic carbocycles. The van der Waals surface area contributed by atoms with E-state index in [4.69, 9.17) is 27.4 Å². The van der Waals surface area contributed by atoms with Gasteiger partial charge in [-0.1, -0.05) is 0 Å². The van der Waals surface area contributed by atoms with Crippen LogP contribution in [-0.2, 0) is 9.59 Å². The van der Waals surface area contributed by atoms with E-state index in [1.54, 1.807) is 30.2 Å². The van der Waals surface area contributed by atoms with Crippen LogP contribution in [0.15, 0.2) is 18.2 Å². The van der Waals surface area contributed by atoms with Crippen molar-refractivity contribution in [3.05, 3.63) is 23.8 Å². The molecule has 0 radical (unpaired) electrons. The zero-order valence-electron chi connectivity index (χ0n) is 12.3. The number of methoxy groups -OCH3 is 2. The van der Waals surface area contributed by atoms with Gasteiger partial charge in [0.25, 0.3) is 0 Å². The number of carbonyl (C=O) groups is 2. The summed E-state index contributed by atoms with van der Waals surface area (Å²) in [6.45, 7) is -0.0931. The number of nitrogens with two attached hydrogens (primary N) is 1. The first kappa shape index (κ1) is 16.0. The van der Waals surface area contributed by atoms with Crippen molar-refractivity contribution < 1.29 is 19.1 Å². The van der Waals surface area contributed by atoms with E-state index in [0.29, 0.717) is 17.1 Å². The first-order chi connectivity index (χ1) is 10.5. The van der Waals surface area contributed by atoms with E-state index in [9.17, 15) is 9.59 Å². The van der Waals surface area contributed by atoms with Crippen molar-refractivity contribution in [1.82, 2.24) is 10.2 Å². The molecule has 1 saturated heterocycles. The Balaban J connectivity index is 2.47. The summed E-state index contributed by atoms with van der Waals surface area (Å²) in [6.07, 6.45) is 0.136. The number of benzene rings is 1. The molecule has 0 saturated carbocycles.